The first-order chi connectivity index (χ1) is 7.36. The van der Waals surface area contributed by atoms with Crippen LogP contribution in [-0.2, 0) is 0 Å². The molecule has 1 aliphatic heterocycles. The van der Waals surface area contributed by atoms with Crippen LogP contribution in [0.5, 0.6) is 0 Å². The zero-order chi connectivity index (χ0) is 10.3. The summed E-state index contributed by atoms with van der Waals surface area (Å²) in [5.74, 6) is 1.13. The molecule has 0 radical (unpaired) electrons. The number of para-hydroxylation sites is 1. The van der Waals surface area contributed by atoms with E-state index < -0.39 is 0 Å². The lowest BCUT2D eigenvalue weighted by Crippen LogP contribution is -2.07. The lowest BCUT2D eigenvalue weighted by Gasteiger charge is -2.16. The van der Waals surface area contributed by atoms with Crippen LogP contribution in [0.25, 0.3) is 0 Å². The first kappa shape index (κ1) is 8.78. The summed E-state index contributed by atoms with van der Waals surface area (Å²) < 4.78 is 0. The Hall–Kier alpha value is -1.50. The fourth-order valence-electron chi connectivity index (χ4n) is 2.63. The first-order valence-corrected chi connectivity index (χ1v) is 5.59. The quantitative estimate of drug-likeness (QED) is 0.624. The summed E-state index contributed by atoms with van der Waals surface area (Å²) in [5.41, 5.74) is 4.12. The van der Waals surface area contributed by atoms with Crippen LogP contribution in [0.4, 0.5) is 5.69 Å². The second-order valence-electron chi connectivity index (χ2n) is 4.37. The van der Waals surface area contributed by atoms with E-state index in [1.54, 1.807) is 0 Å². The summed E-state index contributed by atoms with van der Waals surface area (Å²) in [6.07, 6.45) is 7.96. The highest BCUT2D eigenvalue weighted by Gasteiger charge is 2.30. The van der Waals surface area contributed by atoms with Gasteiger partial charge in [-0.2, -0.15) is 0 Å². The van der Waals surface area contributed by atoms with Crippen LogP contribution in [-0.4, -0.2) is 0 Å². The molecule has 0 saturated carbocycles. The van der Waals surface area contributed by atoms with Crippen molar-refractivity contribution >= 4 is 5.69 Å². The second kappa shape index (κ2) is 3.27. The van der Waals surface area contributed by atoms with Gasteiger partial charge in [0, 0.05) is 18.7 Å². The van der Waals surface area contributed by atoms with Crippen LogP contribution in [0.1, 0.15) is 26.3 Å². The number of hydrogen-bond donors (Lipinski definition) is 1. The average Bonchev–Trinajstić information content (AvgIpc) is 2.53. The van der Waals surface area contributed by atoms with E-state index in [4.69, 9.17) is 0 Å². The minimum atomic E-state index is 0. The van der Waals surface area contributed by atoms with Gasteiger partial charge in [-0.15, -0.1) is 0 Å². The number of benzene rings is 1. The third kappa shape index (κ3) is 1.30. The highest BCUT2D eigenvalue weighted by atomic mass is 14.9. The van der Waals surface area contributed by atoms with E-state index in [1.165, 1.54) is 16.9 Å². The van der Waals surface area contributed by atoms with Crippen molar-refractivity contribution in [3.8, 4) is 0 Å². The SMILES string of the molecule is CC1C=CCC=C2Nc3ccccc3C21.[HH]. The van der Waals surface area contributed by atoms with Crippen molar-refractivity contribution in [2.45, 2.75) is 19.3 Å². The Balaban J connectivity index is 0.000000963. The largest absolute Gasteiger partial charge is 0.358 e. The number of anilines is 1. The monoisotopic (exact) mass is 199 g/mol. The highest BCUT2D eigenvalue weighted by molar-refractivity contribution is 5.65. The summed E-state index contributed by atoms with van der Waals surface area (Å²) in [6.45, 7) is 2.30. The summed E-state index contributed by atoms with van der Waals surface area (Å²) in [7, 11) is 0. The molecular formula is C14H17N. The Bertz CT molecular complexity index is 448. The number of nitrogens with one attached hydrogen (secondary N) is 1. The third-order valence-corrected chi connectivity index (χ3v) is 3.35. The van der Waals surface area contributed by atoms with Crippen molar-refractivity contribution in [2.24, 2.45) is 5.92 Å². The Morgan fingerprint density at radius 1 is 1.33 bits per heavy atom. The van der Waals surface area contributed by atoms with Crippen molar-refractivity contribution in [3.05, 3.63) is 53.8 Å². The Morgan fingerprint density at radius 3 is 3.13 bits per heavy atom. The molecule has 15 heavy (non-hydrogen) atoms. The zero-order valence-electron chi connectivity index (χ0n) is 8.90. The van der Waals surface area contributed by atoms with E-state index in [-0.39, 0.29) is 1.43 Å². The van der Waals surface area contributed by atoms with Gasteiger partial charge < -0.3 is 5.32 Å². The predicted molar refractivity (Wildman–Crippen MR) is 65.9 cm³/mol. The smallest absolute Gasteiger partial charge is 0.0421 e. The maximum Gasteiger partial charge on any atom is 0.0421 e. The van der Waals surface area contributed by atoms with Crippen LogP contribution in [0.3, 0.4) is 0 Å². The minimum Gasteiger partial charge on any atom is -0.358 e. The second-order valence-corrected chi connectivity index (χ2v) is 4.37. The van der Waals surface area contributed by atoms with E-state index in [0.717, 1.165) is 6.42 Å². The number of fused-ring (bicyclic) bond motifs is 3. The topological polar surface area (TPSA) is 12.0 Å². The van der Waals surface area contributed by atoms with Gasteiger partial charge in [0.2, 0.25) is 0 Å². The van der Waals surface area contributed by atoms with E-state index in [2.05, 4.69) is 54.7 Å². The molecule has 0 aromatic heterocycles. The molecule has 1 aliphatic carbocycles. The van der Waals surface area contributed by atoms with Crippen molar-refractivity contribution < 1.29 is 1.43 Å². The number of rotatable bonds is 0. The number of allylic oxidation sites excluding steroid dienone is 4. The normalized spacial score (nSPS) is 27.4. The van der Waals surface area contributed by atoms with E-state index >= 15 is 0 Å². The van der Waals surface area contributed by atoms with Gasteiger partial charge in [-0.05, 0) is 24.0 Å². The molecule has 1 heteroatoms. The molecule has 0 spiro atoms. The Labute approximate surface area is 92.0 Å². The van der Waals surface area contributed by atoms with E-state index in [0.29, 0.717) is 11.8 Å². The van der Waals surface area contributed by atoms with Gasteiger partial charge in [0.05, 0.1) is 0 Å². The Morgan fingerprint density at radius 2 is 2.20 bits per heavy atom. The fraction of sp³-hybridized carbons (Fsp3) is 0.286. The number of hydrogen-bond acceptors (Lipinski definition) is 1. The third-order valence-electron chi connectivity index (χ3n) is 3.35. The highest BCUT2D eigenvalue weighted by Crippen LogP contribution is 2.44. The maximum atomic E-state index is 3.53. The van der Waals surface area contributed by atoms with Crippen LogP contribution in [0, 0.1) is 5.92 Å². The molecule has 0 fully saturated rings. The van der Waals surface area contributed by atoms with Crippen LogP contribution in [0.15, 0.2) is 48.2 Å². The van der Waals surface area contributed by atoms with Crippen LogP contribution in [0.2, 0.25) is 0 Å². The molecule has 0 saturated heterocycles. The predicted octanol–water partition coefficient (Wildman–Crippen LogP) is 3.92. The van der Waals surface area contributed by atoms with Gasteiger partial charge in [0.25, 0.3) is 0 Å². The standard InChI is InChI=1S/C14H15N.H2/c1-10-6-2-4-9-13-14(10)11-7-3-5-8-12(11)15-13;/h2-3,5-10,14-15H,4H2,1H3;1H. The van der Waals surface area contributed by atoms with Gasteiger partial charge in [-0.1, -0.05) is 43.4 Å². The van der Waals surface area contributed by atoms with Crippen molar-refractivity contribution in [1.82, 2.24) is 0 Å². The van der Waals surface area contributed by atoms with Gasteiger partial charge >= 0.3 is 0 Å². The molecule has 1 aromatic carbocycles. The molecule has 1 nitrogen and oxygen atoms in total. The summed E-state index contributed by atoms with van der Waals surface area (Å²) >= 11 is 0. The summed E-state index contributed by atoms with van der Waals surface area (Å²) in [6, 6.07) is 8.63. The Kier molecular flexibility index (Phi) is 1.91. The van der Waals surface area contributed by atoms with Crippen molar-refractivity contribution in [1.29, 1.82) is 0 Å². The van der Waals surface area contributed by atoms with E-state index in [1.807, 2.05) is 0 Å². The van der Waals surface area contributed by atoms with Gasteiger partial charge in [0.1, 0.15) is 0 Å². The van der Waals surface area contributed by atoms with Crippen LogP contribution < -0.4 is 5.32 Å². The van der Waals surface area contributed by atoms with Gasteiger partial charge in [0.15, 0.2) is 0 Å². The van der Waals surface area contributed by atoms with Crippen LogP contribution >= 0.6 is 0 Å². The first-order valence-electron chi connectivity index (χ1n) is 5.59. The molecule has 2 aliphatic rings. The molecule has 1 aromatic rings. The fourth-order valence-corrected chi connectivity index (χ4v) is 2.63. The van der Waals surface area contributed by atoms with E-state index in [9.17, 15) is 0 Å². The summed E-state index contributed by atoms with van der Waals surface area (Å²) in [5, 5.41) is 3.53. The van der Waals surface area contributed by atoms with Gasteiger partial charge in [-0.3, -0.25) is 0 Å². The lowest BCUT2D eigenvalue weighted by molar-refractivity contribution is 0.635. The van der Waals surface area contributed by atoms with Gasteiger partial charge in [-0.25, -0.2) is 0 Å². The molecule has 0 amide bonds. The minimum absolute atomic E-state index is 0. The molecule has 2 unspecified atom stereocenters. The average molecular weight is 199 g/mol. The molecule has 2 atom stereocenters. The van der Waals surface area contributed by atoms with Crippen molar-refractivity contribution in [2.75, 3.05) is 5.32 Å². The van der Waals surface area contributed by atoms with Crippen molar-refractivity contribution in [3.63, 3.8) is 0 Å². The molecule has 1 heterocycles. The molecule has 0 bridgehead atoms. The molecular weight excluding hydrogens is 182 g/mol. The summed E-state index contributed by atoms with van der Waals surface area (Å²) in [4.78, 5) is 0. The molecule has 1 N–H and O–H groups in total. The maximum absolute atomic E-state index is 3.53. The molecule has 3 rings (SSSR count). The zero-order valence-corrected chi connectivity index (χ0v) is 8.90. The lowest BCUT2D eigenvalue weighted by atomic mass is 9.87. The molecule has 78 valence electrons.